The van der Waals surface area contributed by atoms with Gasteiger partial charge in [-0.1, -0.05) is 19.3 Å². The molecule has 0 aliphatic heterocycles. The lowest BCUT2D eigenvalue weighted by Crippen LogP contribution is -2.49. The summed E-state index contributed by atoms with van der Waals surface area (Å²) in [4.78, 5) is 19.3. The molecule has 4 nitrogen and oxygen atoms in total. The summed E-state index contributed by atoms with van der Waals surface area (Å²) in [5.74, 6) is -0.690. The number of aromatic nitrogens is 1. The highest BCUT2D eigenvalue weighted by molar-refractivity contribution is 7.11. The Balaban J connectivity index is 2.13. The number of nitrogens with zero attached hydrogens (tertiary/aromatic N) is 2. The molecule has 0 atom stereocenters. The number of hydrogen-bond donors (Lipinski definition) is 1. The summed E-state index contributed by atoms with van der Waals surface area (Å²) < 4.78 is 0. The van der Waals surface area contributed by atoms with Gasteiger partial charge in [-0.25, -0.2) is 4.98 Å². The Labute approximate surface area is 124 Å². The van der Waals surface area contributed by atoms with Crippen molar-refractivity contribution in [1.29, 1.82) is 0 Å². The Morgan fingerprint density at radius 1 is 1.35 bits per heavy atom. The van der Waals surface area contributed by atoms with E-state index in [1.165, 1.54) is 11.3 Å². The Kier molecular flexibility index (Phi) is 4.81. The highest BCUT2D eigenvalue weighted by atomic mass is 32.1. The molecule has 1 aromatic rings. The number of carboxylic acid groups (broad SMARTS) is 1. The summed E-state index contributed by atoms with van der Waals surface area (Å²) in [7, 11) is 2.06. The molecule has 1 N–H and O–H groups in total. The van der Waals surface area contributed by atoms with Crippen LogP contribution in [0.3, 0.4) is 0 Å². The molecule has 0 amide bonds. The van der Waals surface area contributed by atoms with E-state index in [-0.39, 0.29) is 12.0 Å². The first-order chi connectivity index (χ1) is 9.43. The molecule has 5 heteroatoms. The van der Waals surface area contributed by atoms with Crippen molar-refractivity contribution in [3.8, 4) is 0 Å². The average Bonchev–Trinajstić information content (AvgIpc) is 2.68. The quantitative estimate of drug-likeness (QED) is 0.905. The van der Waals surface area contributed by atoms with Gasteiger partial charge in [-0.2, -0.15) is 0 Å². The van der Waals surface area contributed by atoms with Crippen molar-refractivity contribution < 1.29 is 9.90 Å². The van der Waals surface area contributed by atoms with Crippen molar-refractivity contribution in [2.24, 2.45) is 0 Å². The monoisotopic (exact) mass is 296 g/mol. The van der Waals surface area contributed by atoms with Crippen LogP contribution in [-0.4, -0.2) is 33.5 Å². The number of aliphatic carboxylic acids is 1. The lowest BCUT2D eigenvalue weighted by molar-refractivity contribution is -0.141. The number of thiazole rings is 1. The molecule has 1 heterocycles. The van der Waals surface area contributed by atoms with Crippen molar-refractivity contribution in [1.82, 2.24) is 9.88 Å². The molecule has 0 bridgehead atoms. The first-order valence-corrected chi connectivity index (χ1v) is 8.10. The summed E-state index contributed by atoms with van der Waals surface area (Å²) >= 11 is 1.72. The molecule has 0 unspecified atom stereocenters. The zero-order valence-corrected chi connectivity index (χ0v) is 13.4. The molecule has 0 aromatic carbocycles. The second-order valence-electron chi connectivity index (χ2n) is 5.96. The molecule has 20 heavy (non-hydrogen) atoms. The summed E-state index contributed by atoms with van der Waals surface area (Å²) in [6.45, 7) is 4.87. The van der Waals surface area contributed by atoms with Crippen molar-refractivity contribution >= 4 is 17.3 Å². The van der Waals surface area contributed by atoms with Gasteiger partial charge in [0.2, 0.25) is 0 Å². The van der Waals surface area contributed by atoms with Crippen LogP contribution in [0.1, 0.15) is 54.1 Å². The molecule has 1 aliphatic carbocycles. The van der Waals surface area contributed by atoms with Crippen LogP contribution in [0.15, 0.2) is 0 Å². The van der Waals surface area contributed by atoms with Gasteiger partial charge in [-0.3, -0.25) is 9.69 Å². The maximum absolute atomic E-state index is 11.2. The average molecular weight is 296 g/mol. The zero-order valence-electron chi connectivity index (χ0n) is 12.6. The molecular formula is C15H24N2O2S. The molecule has 1 fully saturated rings. The Morgan fingerprint density at radius 2 is 2.00 bits per heavy atom. The third-order valence-corrected chi connectivity index (χ3v) is 5.58. The van der Waals surface area contributed by atoms with Crippen LogP contribution in [0.25, 0.3) is 0 Å². The largest absolute Gasteiger partial charge is 0.481 e. The smallest absolute Gasteiger partial charge is 0.305 e. The molecule has 1 aliphatic rings. The molecular weight excluding hydrogens is 272 g/mol. The number of carboxylic acids is 1. The second-order valence-corrected chi connectivity index (χ2v) is 7.25. The standard InChI is InChI=1S/C15H24N2O2S/c1-11-12(2)20-13(16-11)10-17(3)15(9-14(18)19)7-5-4-6-8-15/h4-10H2,1-3H3,(H,18,19). The summed E-state index contributed by atoms with van der Waals surface area (Å²) in [6, 6.07) is 0. The van der Waals surface area contributed by atoms with Gasteiger partial charge in [-0.05, 0) is 33.7 Å². The fraction of sp³-hybridized carbons (Fsp3) is 0.733. The van der Waals surface area contributed by atoms with Crippen LogP contribution < -0.4 is 0 Å². The molecule has 112 valence electrons. The first-order valence-electron chi connectivity index (χ1n) is 7.29. The minimum Gasteiger partial charge on any atom is -0.481 e. The maximum Gasteiger partial charge on any atom is 0.305 e. The summed E-state index contributed by atoms with van der Waals surface area (Å²) in [5.41, 5.74) is 0.909. The van der Waals surface area contributed by atoms with Crippen molar-refractivity contribution in [2.75, 3.05) is 7.05 Å². The topological polar surface area (TPSA) is 53.4 Å². The Hall–Kier alpha value is -0.940. The molecule has 0 radical (unpaired) electrons. The van der Waals surface area contributed by atoms with E-state index in [2.05, 4.69) is 23.9 Å². The van der Waals surface area contributed by atoms with Gasteiger partial charge in [-0.15, -0.1) is 11.3 Å². The lowest BCUT2D eigenvalue weighted by Gasteiger charge is -2.43. The number of hydrogen-bond acceptors (Lipinski definition) is 4. The van der Waals surface area contributed by atoms with Crippen LogP contribution in [0.5, 0.6) is 0 Å². The number of carbonyl (C=O) groups is 1. The second kappa shape index (κ2) is 6.22. The van der Waals surface area contributed by atoms with Crippen LogP contribution in [0.2, 0.25) is 0 Å². The van der Waals surface area contributed by atoms with E-state index in [1.54, 1.807) is 11.3 Å². The first kappa shape index (κ1) is 15.4. The number of rotatable bonds is 5. The van der Waals surface area contributed by atoms with Gasteiger partial charge in [0.25, 0.3) is 0 Å². The molecule has 1 saturated carbocycles. The summed E-state index contributed by atoms with van der Waals surface area (Å²) in [5, 5.41) is 10.3. The van der Waals surface area contributed by atoms with Gasteiger partial charge in [0.05, 0.1) is 18.7 Å². The molecule has 0 spiro atoms. The van der Waals surface area contributed by atoms with Gasteiger partial charge < -0.3 is 5.11 Å². The normalized spacial score (nSPS) is 18.4. The van der Waals surface area contributed by atoms with Gasteiger partial charge in [0.1, 0.15) is 5.01 Å². The van der Waals surface area contributed by atoms with E-state index >= 15 is 0 Å². The van der Waals surface area contributed by atoms with E-state index in [0.717, 1.165) is 42.9 Å². The van der Waals surface area contributed by atoms with Gasteiger partial charge in [0.15, 0.2) is 0 Å². The van der Waals surface area contributed by atoms with Crippen LogP contribution in [0.4, 0.5) is 0 Å². The highest BCUT2D eigenvalue weighted by Crippen LogP contribution is 2.37. The third-order valence-electron chi connectivity index (χ3n) is 4.52. The Bertz CT molecular complexity index is 459. The minimum atomic E-state index is -0.690. The maximum atomic E-state index is 11.2. The Morgan fingerprint density at radius 3 is 2.50 bits per heavy atom. The van der Waals surface area contributed by atoms with E-state index in [0.29, 0.717) is 0 Å². The lowest BCUT2D eigenvalue weighted by atomic mass is 9.78. The van der Waals surface area contributed by atoms with Crippen LogP contribution in [0, 0.1) is 13.8 Å². The minimum absolute atomic E-state index is 0.183. The molecule has 2 rings (SSSR count). The predicted octanol–water partition coefficient (Wildman–Crippen LogP) is 3.37. The highest BCUT2D eigenvalue weighted by Gasteiger charge is 2.38. The summed E-state index contributed by atoms with van der Waals surface area (Å²) in [6.07, 6.45) is 5.71. The predicted molar refractivity (Wildman–Crippen MR) is 81.1 cm³/mol. The van der Waals surface area contributed by atoms with Crippen molar-refractivity contribution in [3.63, 3.8) is 0 Å². The van der Waals surface area contributed by atoms with E-state index in [9.17, 15) is 9.90 Å². The molecule has 0 saturated heterocycles. The fourth-order valence-corrected chi connectivity index (χ4v) is 4.15. The molecule has 1 aromatic heterocycles. The fourth-order valence-electron chi connectivity index (χ4n) is 3.16. The van der Waals surface area contributed by atoms with E-state index in [4.69, 9.17) is 0 Å². The van der Waals surface area contributed by atoms with Crippen molar-refractivity contribution in [3.05, 3.63) is 15.6 Å². The SMILES string of the molecule is Cc1nc(CN(C)C2(CC(=O)O)CCCCC2)sc1C. The zero-order chi connectivity index (χ0) is 14.8. The van der Waals surface area contributed by atoms with E-state index < -0.39 is 5.97 Å². The van der Waals surface area contributed by atoms with Gasteiger partial charge in [0, 0.05) is 10.4 Å². The van der Waals surface area contributed by atoms with Crippen LogP contribution in [-0.2, 0) is 11.3 Å². The van der Waals surface area contributed by atoms with Gasteiger partial charge >= 0.3 is 5.97 Å². The van der Waals surface area contributed by atoms with E-state index in [1.807, 2.05) is 6.92 Å². The van der Waals surface area contributed by atoms with Crippen LogP contribution >= 0.6 is 11.3 Å². The number of aryl methyl sites for hydroxylation is 2. The third kappa shape index (κ3) is 3.38. The van der Waals surface area contributed by atoms with Crippen molar-refractivity contribution in [2.45, 2.75) is 64.5 Å².